The van der Waals surface area contributed by atoms with Crippen LogP contribution in [0.1, 0.15) is 32.4 Å². The summed E-state index contributed by atoms with van der Waals surface area (Å²) in [4.78, 5) is 12.2. The third-order valence-corrected chi connectivity index (χ3v) is 6.57. The van der Waals surface area contributed by atoms with Crippen LogP contribution in [0.15, 0.2) is 53.4 Å². The molecule has 0 aliphatic rings. The average molecular weight is 425 g/mol. The highest BCUT2D eigenvalue weighted by Crippen LogP contribution is 2.29. The molecule has 2 aromatic rings. The molecule has 0 aliphatic heterocycles. The molecule has 0 saturated carbocycles. The van der Waals surface area contributed by atoms with Crippen LogP contribution in [0.25, 0.3) is 0 Å². The minimum atomic E-state index is -3.78. The van der Waals surface area contributed by atoms with E-state index in [0.717, 1.165) is 5.56 Å². The van der Waals surface area contributed by atoms with Crippen molar-refractivity contribution in [3.05, 3.63) is 59.1 Å². The zero-order valence-electron chi connectivity index (χ0n) is 16.2. The first-order valence-corrected chi connectivity index (χ1v) is 10.9. The van der Waals surface area contributed by atoms with Crippen molar-refractivity contribution in [1.82, 2.24) is 9.62 Å². The number of ether oxygens (including phenoxy) is 1. The predicted octanol–water partition coefficient (Wildman–Crippen LogP) is 3.63. The van der Waals surface area contributed by atoms with Gasteiger partial charge in [0.2, 0.25) is 10.0 Å². The van der Waals surface area contributed by atoms with E-state index in [-0.39, 0.29) is 34.2 Å². The van der Waals surface area contributed by atoms with Crippen molar-refractivity contribution in [2.45, 2.75) is 31.7 Å². The van der Waals surface area contributed by atoms with Crippen LogP contribution in [0, 0.1) is 0 Å². The summed E-state index contributed by atoms with van der Waals surface area (Å²) in [7, 11) is -3.78. The average Bonchev–Trinajstić information content (AvgIpc) is 2.68. The fourth-order valence-corrected chi connectivity index (χ4v) is 4.61. The van der Waals surface area contributed by atoms with Gasteiger partial charge in [-0.2, -0.15) is 4.31 Å². The van der Waals surface area contributed by atoms with E-state index in [0.29, 0.717) is 13.1 Å². The minimum Gasteiger partial charge on any atom is -0.482 e. The quantitative estimate of drug-likeness (QED) is 0.667. The minimum absolute atomic E-state index is 0.0485. The third-order valence-electron chi connectivity index (χ3n) is 4.26. The highest BCUT2D eigenvalue weighted by molar-refractivity contribution is 7.89. The van der Waals surface area contributed by atoms with Gasteiger partial charge in [0.15, 0.2) is 6.61 Å². The summed E-state index contributed by atoms with van der Waals surface area (Å²) in [6, 6.07) is 13.7. The maximum Gasteiger partial charge on any atom is 0.258 e. The van der Waals surface area contributed by atoms with Crippen molar-refractivity contribution >= 4 is 27.5 Å². The highest BCUT2D eigenvalue weighted by atomic mass is 35.5. The second-order valence-corrected chi connectivity index (χ2v) is 8.51. The van der Waals surface area contributed by atoms with E-state index in [1.54, 1.807) is 13.8 Å². The van der Waals surface area contributed by atoms with Crippen molar-refractivity contribution in [2.24, 2.45) is 0 Å². The number of halogens is 1. The van der Waals surface area contributed by atoms with Gasteiger partial charge in [0.1, 0.15) is 10.6 Å². The van der Waals surface area contributed by atoms with Crippen LogP contribution in [0.4, 0.5) is 0 Å². The Bertz CT molecular complexity index is 900. The first-order chi connectivity index (χ1) is 13.3. The Morgan fingerprint density at radius 2 is 1.79 bits per heavy atom. The molecule has 0 radical (unpaired) electrons. The van der Waals surface area contributed by atoms with Gasteiger partial charge in [-0.1, -0.05) is 55.8 Å². The molecule has 0 fully saturated rings. The Kier molecular flexibility index (Phi) is 7.86. The molecule has 2 rings (SSSR count). The zero-order valence-corrected chi connectivity index (χ0v) is 17.8. The normalized spacial score (nSPS) is 12.6. The van der Waals surface area contributed by atoms with Gasteiger partial charge >= 0.3 is 0 Å². The fourth-order valence-electron chi connectivity index (χ4n) is 2.76. The van der Waals surface area contributed by atoms with Gasteiger partial charge < -0.3 is 10.1 Å². The molecule has 1 N–H and O–H groups in total. The van der Waals surface area contributed by atoms with Crippen molar-refractivity contribution in [3.63, 3.8) is 0 Å². The number of amides is 1. The Hall–Kier alpha value is -2.09. The standard InChI is InChI=1S/C20H25ClN2O4S/c1-4-23(5-2)28(25,26)19-13-17(21)11-12-18(19)27-14-20(24)22-15(3)16-9-7-6-8-10-16/h6-13,15H,4-5,14H2,1-3H3,(H,22,24)/t15-/m1/s1. The van der Waals surface area contributed by atoms with E-state index in [9.17, 15) is 13.2 Å². The Morgan fingerprint density at radius 3 is 2.39 bits per heavy atom. The molecule has 0 heterocycles. The number of hydrogen-bond donors (Lipinski definition) is 1. The molecule has 0 aromatic heterocycles. The number of rotatable bonds is 9. The number of benzene rings is 2. The van der Waals surface area contributed by atoms with Gasteiger partial charge in [-0.25, -0.2) is 8.42 Å². The first-order valence-electron chi connectivity index (χ1n) is 9.06. The molecule has 1 atom stereocenters. The summed E-state index contributed by atoms with van der Waals surface area (Å²) in [5.74, 6) is -0.253. The molecule has 0 aliphatic carbocycles. The lowest BCUT2D eigenvalue weighted by Crippen LogP contribution is -2.33. The summed E-state index contributed by atoms with van der Waals surface area (Å²) < 4.78 is 32.6. The summed E-state index contributed by atoms with van der Waals surface area (Å²) in [6.07, 6.45) is 0. The predicted molar refractivity (Wildman–Crippen MR) is 110 cm³/mol. The van der Waals surface area contributed by atoms with Crippen molar-refractivity contribution in [1.29, 1.82) is 0 Å². The number of hydrogen-bond acceptors (Lipinski definition) is 4. The first kappa shape index (κ1) is 22.2. The largest absolute Gasteiger partial charge is 0.482 e. The summed E-state index contributed by atoms with van der Waals surface area (Å²) in [6.45, 7) is 5.71. The number of sulfonamides is 1. The topological polar surface area (TPSA) is 75.7 Å². The molecule has 152 valence electrons. The van der Waals surface area contributed by atoms with Crippen LogP contribution in [0.3, 0.4) is 0 Å². The molecule has 0 saturated heterocycles. The number of carbonyl (C=O) groups is 1. The lowest BCUT2D eigenvalue weighted by atomic mass is 10.1. The van der Waals surface area contributed by atoms with Crippen LogP contribution >= 0.6 is 11.6 Å². The second kappa shape index (κ2) is 9.91. The van der Waals surface area contributed by atoms with Crippen LogP contribution in [0.5, 0.6) is 5.75 Å². The van der Waals surface area contributed by atoms with Crippen LogP contribution in [0.2, 0.25) is 5.02 Å². The maximum atomic E-state index is 12.9. The van der Waals surface area contributed by atoms with E-state index in [1.807, 2.05) is 37.3 Å². The van der Waals surface area contributed by atoms with Gasteiger partial charge in [-0.3, -0.25) is 4.79 Å². The molecule has 28 heavy (non-hydrogen) atoms. The van der Waals surface area contributed by atoms with Crippen LogP contribution < -0.4 is 10.1 Å². The number of carbonyl (C=O) groups excluding carboxylic acids is 1. The summed E-state index contributed by atoms with van der Waals surface area (Å²) in [5, 5.41) is 3.11. The molecule has 1 amide bonds. The molecular formula is C20H25ClN2O4S. The summed E-state index contributed by atoms with van der Waals surface area (Å²) in [5.41, 5.74) is 0.965. The van der Waals surface area contributed by atoms with E-state index in [2.05, 4.69) is 5.32 Å². The van der Waals surface area contributed by atoms with Crippen molar-refractivity contribution in [3.8, 4) is 5.75 Å². The molecule has 0 bridgehead atoms. The molecular weight excluding hydrogens is 400 g/mol. The van der Waals surface area contributed by atoms with E-state index < -0.39 is 10.0 Å². The van der Waals surface area contributed by atoms with Crippen molar-refractivity contribution < 1.29 is 17.9 Å². The number of nitrogens with zero attached hydrogens (tertiary/aromatic N) is 1. The zero-order chi connectivity index (χ0) is 20.7. The molecule has 0 spiro atoms. The number of nitrogens with one attached hydrogen (secondary N) is 1. The van der Waals surface area contributed by atoms with Gasteiger partial charge in [0.05, 0.1) is 6.04 Å². The monoisotopic (exact) mass is 424 g/mol. The Morgan fingerprint density at radius 1 is 1.14 bits per heavy atom. The second-order valence-electron chi connectivity index (χ2n) is 6.17. The maximum absolute atomic E-state index is 12.9. The summed E-state index contributed by atoms with van der Waals surface area (Å²) >= 11 is 6.00. The highest BCUT2D eigenvalue weighted by Gasteiger charge is 2.26. The van der Waals surface area contributed by atoms with E-state index >= 15 is 0 Å². The Balaban J connectivity index is 2.13. The van der Waals surface area contributed by atoms with E-state index in [4.69, 9.17) is 16.3 Å². The SMILES string of the molecule is CCN(CC)S(=O)(=O)c1cc(Cl)ccc1OCC(=O)N[C@H](C)c1ccccc1. The van der Waals surface area contributed by atoms with Crippen LogP contribution in [-0.2, 0) is 14.8 Å². The van der Waals surface area contributed by atoms with Gasteiger partial charge in [-0.15, -0.1) is 0 Å². The van der Waals surface area contributed by atoms with Crippen molar-refractivity contribution in [2.75, 3.05) is 19.7 Å². The van der Waals surface area contributed by atoms with Gasteiger partial charge in [0.25, 0.3) is 5.91 Å². The lowest BCUT2D eigenvalue weighted by molar-refractivity contribution is -0.123. The third kappa shape index (κ3) is 5.47. The van der Waals surface area contributed by atoms with Gasteiger partial charge in [-0.05, 0) is 30.7 Å². The van der Waals surface area contributed by atoms with Crippen LogP contribution in [-0.4, -0.2) is 38.3 Å². The van der Waals surface area contributed by atoms with E-state index in [1.165, 1.54) is 22.5 Å². The van der Waals surface area contributed by atoms with Gasteiger partial charge in [0, 0.05) is 18.1 Å². The Labute approximate surface area is 171 Å². The lowest BCUT2D eigenvalue weighted by Gasteiger charge is -2.21. The molecule has 8 heteroatoms. The smallest absolute Gasteiger partial charge is 0.258 e. The molecule has 6 nitrogen and oxygen atoms in total. The fraction of sp³-hybridized carbons (Fsp3) is 0.350. The molecule has 2 aromatic carbocycles. The molecule has 0 unspecified atom stereocenters.